The monoisotopic (exact) mass is 576 g/mol. The van der Waals surface area contributed by atoms with Gasteiger partial charge in [-0.3, -0.25) is 4.79 Å². The minimum Gasteiger partial charge on any atom is -0.743 e. The fourth-order valence-corrected chi connectivity index (χ4v) is 5.37. The zero-order valence-electron chi connectivity index (χ0n) is 20.5. The third-order valence-electron chi connectivity index (χ3n) is 4.71. The van der Waals surface area contributed by atoms with E-state index in [0.29, 0.717) is 0 Å². The largest absolute Gasteiger partial charge is 0.743 e. The molecule has 0 spiro atoms. The van der Waals surface area contributed by atoms with Crippen LogP contribution in [0.5, 0.6) is 0 Å². The lowest BCUT2D eigenvalue weighted by Crippen LogP contribution is -2.53. The summed E-state index contributed by atoms with van der Waals surface area (Å²) in [5, 5.41) is -5.81. The molecule has 0 amide bonds. The Morgan fingerprint density at radius 1 is 0.737 bits per heavy atom. The molecule has 5 nitrogen and oxygen atoms in total. The minimum atomic E-state index is -6.66. The van der Waals surface area contributed by atoms with E-state index in [2.05, 4.69) is 95.7 Å². The van der Waals surface area contributed by atoms with Crippen LogP contribution in [0.25, 0.3) is 0 Å². The summed E-state index contributed by atoms with van der Waals surface area (Å²) in [5.41, 5.74) is -1.59. The van der Waals surface area contributed by atoms with Crippen LogP contribution in [0.3, 0.4) is 0 Å². The van der Waals surface area contributed by atoms with Gasteiger partial charge in [0, 0.05) is 0 Å². The molecule has 0 aromatic heterocycles. The molecular formula is C26H25F5O5S2. The third kappa shape index (κ3) is 8.27. The number of hydrogen-bond donors (Lipinski definition) is 0. The average Bonchev–Trinajstić information content (AvgIpc) is 2.83. The van der Waals surface area contributed by atoms with Crippen LogP contribution in [0.1, 0.15) is 20.8 Å². The van der Waals surface area contributed by atoms with E-state index in [1.165, 1.54) is 14.7 Å². The summed E-state index contributed by atoms with van der Waals surface area (Å²) in [5.74, 6) is -1.72. The first-order valence-corrected chi connectivity index (χ1v) is 13.6. The van der Waals surface area contributed by atoms with E-state index >= 15 is 0 Å². The highest BCUT2D eigenvalue weighted by atomic mass is 32.2. The number of benzene rings is 3. The normalized spacial score (nSPS) is 13.3. The maximum atomic E-state index is 12.9. The number of halogens is 5. The van der Waals surface area contributed by atoms with Gasteiger partial charge in [0.15, 0.2) is 24.8 Å². The number of esters is 1. The van der Waals surface area contributed by atoms with Gasteiger partial charge in [0.1, 0.15) is 0 Å². The molecule has 0 saturated carbocycles. The maximum absolute atomic E-state index is 12.9. The second-order valence-electron chi connectivity index (χ2n) is 8.84. The fraction of sp³-hybridized carbons (Fsp3) is 0.269. The molecule has 1 atom stereocenters. The number of carbonyl (C=O) groups excluding carboxylic acids is 1. The van der Waals surface area contributed by atoms with Gasteiger partial charge in [0.25, 0.3) is 6.10 Å². The summed E-state index contributed by atoms with van der Waals surface area (Å²) in [6.45, 7) is 3.19. The van der Waals surface area contributed by atoms with Crippen molar-refractivity contribution in [2.45, 2.75) is 53.0 Å². The zero-order valence-corrected chi connectivity index (χ0v) is 22.1. The Labute approximate surface area is 220 Å². The number of ether oxygens (including phenoxy) is 1. The topological polar surface area (TPSA) is 83.5 Å². The Bertz CT molecular complexity index is 1180. The van der Waals surface area contributed by atoms with Crippen LogP contribution >= 0.6 is 0 Å². The molecule has 1 unspecified atom stereocenters. The van der Waals surface area contributed by atoms with Crippen molar-refractivity contribution in [3.05, 3.63) is 91.0 Å². The fourth-order valence-electron chi connectivity index (χ4n) is 2.82. The van der Waals surface area contributed by atoms with E-state index in [1.807, 2.05) is 0 Å². The predicted molar refractivity (Wildman–Crippen MR) is 132 cm³/mol. The van der Waals surface area contributed by atoms with Crippen LogP contribution in [0.2, 0.25) is 0 Å². The molecule has 206 valence electrons. The van der Waals surface area contributed by atoms with Gasteiger partial charge in [-0.15, -0.1) is 0 Å². The summed E-state index contributed by atoms with van der Waals surface area (Å²) < 4.78 is 96.9. The van der Waals surface area contributed by atoms with Gasteiger partial charge in [0.05, 0.1) is 16.3 Å². The molecule has 3 rings (SSSR count). The van der Waals surface area contributed by atoms with E-state index in [0.717, 1.165) is 20.8 Å². The van der Waals surface area contributed by atoms with Gasteiger partial charge in [-0.05, 0) is 57.2 Å². The Balaban J connectivity index is 0.000000267. The lowest BCUT2D eigenvalue weighted by molar-refractivity contribution is -0.262. The number of alkyl halides is 5. The lowest BCUT2D eigenvalue weighted by atomic mass is 9.97. The number of hydrogen-bond acceptors (Lipinski definition) is 5. The quantitative estimate of drug-likeness (QED) is 0.146. The first-order valence-electron chi connectivity index (χ1n) is 11.0. The average molecular weight is 577 g/mol. The van der Waals surface area contributed by atoms with Crippen molar-refractivity contribution in [2.75, 3.05) is 0 Å². The standard InChI is InChI=1S/C18H15S.C8H11F5O5S/c1-4-10-16(11-5-1)19(17-12-6-2-7-13-17)18-14-8-3-9-15-18;1-6(2,3)5(14)18-4(7(9,10)11)8(12,13)19(15,16)17/h1-15H;4H,1-3H3,(H,15,16,17)/q+1;/p-1. The minimum absolute atomic E-state index is 0.0146. The van der Waals surface area contributed by atoms with Gasteiger partial charge >= 0.3 is 17.4 Å². The van der Waals surface area contributed by atoms with Gasteiger partial charge in [-0.1, -0.05) is 54.6 Å². The second-order valence-corrected chi connectivity index (χ2v) is 12.3. The zero-order chi connectivity index (χ0) is 28.8. The molecule has 0 heterocycles. The maximum Gasteiger partial charge on any atom is 0.432 e. The van der Waals surface area contributed by atoms with E-state index in [-0.39, 0.29) is 10.9 Å². The van der Waals surface area contributed by atoms with E-state index < -0.39 is 39.0 Å². The summed E-state index contributed by atoms with van der Waals surface area (Å²) >= 11 is 0. The molecule has 0 bridgehead atoms. The molecule has 3 aromatic rings. The Hall–Kier alpha value is -2.96. The molecule has 0 saturated heterocycles. The van der Waals surface area contributed by atoms with Crippen LogP contribution in [0, 0.1) is 5.41 Å². The summed E-state index contributed by atoms with van der Waals surface area (Å²) in [6, 6.07) is 32.2. The van der Waals surface area contributed by atoms with Crippen molar-refractivity contribution in [2.24, 2.45) is 5.41 Å². The Morgan fingerprint density at radius 2 is 1.05 bits per heavy atom. The molecule has 0 aliphatic heterocycles. The first-order chi connectivity index (χ1) is 17.5. The Kier molecular flexibility index (Phi) is 10.1. The van der Waals surface area contributed by atoms with Crippen molar-refractivity contribution < 1.29 is 44.5 Å². The van der Waals surface area contributed by atoms with Crippen molar-refractivity contribution in [1.29, 1.82) is 0 Å². The highest BCUT2D eigenvalue weighted by Crippen LogP contribution is 2.39. The molecular weight excluding hydrogens is 551 g/mol. The first kappa shape index (κ1) is 31.3. The number of rotatable bonds is 6. The molecule has 0 aliphatic rings. The van der Waals surface area contributed by atoms with Crippen LogP contribution in [0.4, 0.5) is 22.0 Å². The second kappa shape index (κ2) is 12.3. The summed E-state index contributed by atoms with van der Waals surface area (Å²) in [4.78, 5) is 15.2. The van der Waals surface area contributed by atoms with Crippen molar-refractivity contribution in [1.82, 2.24) is 0 Å². The molecule has 0 fully saturated rings. The van der Waals surface area contributed by atoms with Gasteiger partial charge in [0.2, 0.25) is 0 Å². The predicted octanol–water partition coefficient (Wildman–Crippen LogP) is 6.43. The molecule has 0 radical (unpaired) electrons. The van der Waals surface area contributed by atoms with E-state index in [1.54, 1.807) is 0 Å². The molecule has 0 aliphatic carbocycles. The highest BCUT2D eigenvalue weighted by molar-refractivity contribution is 7.97. The van der Waals surface area contributed by atoms with Crippen molar-refractivity contribution >= 4 is 27.0 Å². The molecule has 0 N–H and O–H groups in total. The smallest absolute Gasteiger partial charge is 0.432 e. The van der Waals surface area contributed by atoms with E-state index in [9.17, 15) is 39.7 Å². The van der Waals surface area contributed by atoms with Crippen molar-refractivity contribution in [3.8, 4) is 0 Å². The number of carbonyl (C=O) groups is 1. The molecule has 38 heavy (non-hydrogen) atoms. The highest BCUT2D eigenvalue weighted by Gasteiger charge is 2.63. The third-order valence-corrected chi connectivity index (χ3v) is 7.82. The van der Waals surface area contributed by atoms with Crippen LogP contribution < -0.4 is 0 Å². The van der Waals surface area contributed by atoms with Crippen molar-refractivity contribution in [3.63, 3.8) is 0 Å². The van der Waals surface area contributed by atoms with Gasteiger partial charge in [-0.25, -0.2) is 8.42 Å². The van der Waals surface area contributed by atoms with Crippen LogP contribution in [0.15, 0.2) is 106 Å². The van der Waals surface area contributed by atoms with Crippen LogP contribution in [-0.4, -0.2) is 36.5 Å². The Morgan fingerprint density at radius 3 is 1.29 bits per heavy atom. The van der Waals surface area contributed by atoms with Gasteiger partial charge in [-0.2, -0.15) is 22.0 Å². The lowest BCUT2D eigenvalue weighted by Gasteiger charge is -2.31. The summed E-state index contributed by atoms with van der Waals surface area (Å²) in [6.07, 6.45) is -10.3. The molecule has 12 heteroatoms. The van der Waals surface area contributed by atoms with E-state index in [4.69, 9.17) is 0 Å². The van der Waals surface area contributed by atoms with Gasteiger partial charge < -0.3 is 9.29 Å². The van der Waals surface area contributed by atoms with Crippen LogP contribution in [-0.2, 0) is 30.5 Å². The molecule has 3 aromatic carbocycles. The summed E-state index contributed by atoms with van der Waals surface area (Å²) in [7, 11) is -6.67. The SMILES string of the molecule is CC(C)(C)C(=O)OC(C(F)(F)F)C(F)(F)S(=O)(=O)[O-].c1ccc([S+](c2ccccc2)c2ccccc2)cc1.